The molecule has 0 atom stereocenters. The van der Waals surface area contributed by atoms with Gasteiger partial charge in [0.2, 0.25) is 0 Å². The minimum Gasteiger partial charge on any atom is -0.327 e. The van der Waals surface area contributed by atoms with E-state index in [0.717, 1.165) is 22.0 Å². The van der Waals surface area contributed by atoms with Crippen LogP contribution in [-0.2, 0) is 6.54 Å². The third kappa shape index (κ3) is 3.60. The zero-order valence-electron chi connectivity index (χ0n) is 14.7. The number of hydrogen-bond donors (Lipinski definition) is 2. The van der Waals surface area contributed by atoms with Gasteiger partial charge >= 0.3 is 5.69 Å². The fourth-order valence-electron chi connectivity index (χ4n) is 2.91. The number of aromatic amines is 1. The van der Waals surface area contributed by atoms with Crippen molar-refractivity contribution in [2.24, 2.45) is 5.73 Å². The Bertz CT molecular complexity index is 1190. The molecule has 0 aliphatic rings. The van der Waals surface area contributed by atoms with E-state index in [2.05, 4.69) is 15.3 Å². The molecule has 2 aromatic carbocycles. The van der Waals surface area contributed by atoms with Crippen molar-refractivity contribution in [1.82, 2.24) is 24.5 Å². The van der Waals surface area contributed by atoms with Gasteiger partial charge in [-0.3, -0.25) is 5.10 Å². The molecule has 0 radical (unpaired) electrons. The summed E-state index contributed by atoms with van der Waals surface area (Å²) in [6.07, 6.45) is 3.61. The number of nitrogens with two attached hydrogens (primary N) is 1. The van der Waals surface area contributed by atoms with E-state index < -0.39 is 0 Å². The van der Waals surface area contributed by atoms with E-state index in [0.29, 0.717) is 17.6 Å². The van der Waals surface area contributed by atoms with Crippen LogP contribution in [0, 0.1) is 0 Å². The van der Waals surface area contributed by atoms with E-state index in [1.807, 2.05) is 42.5 Å². The molecule has 0 saturated heterocycles. The van der Waals surface area contributed by atoms with Crippen LogP contribution in [0.4, 0.5) is 4.39 Å². The highest BCUT2D eigenvalue weighted by Gasteiger charge is 2.10. The molecule has 0 bridgehead atoms. The molecule has 4 rings (SSSR count). The molecular weight excluding hydrogens is 383 g/mol. The van der Waals surface area contributed by atoms with Crippen molar-refractivity contribution in [2.75, 3.05) is 6.54 Å². The lowest BCUT2D eigenvalue weighted by molar-refractivity contribution is 0.612. The summed E-state index contributed by atoms with van der Waals surface area (Å²) in [7, 11) is 0. The first kappa shape index (κ1) is 19.5. The minimum absolute atomic E-state index is 0. The number of halogens is 2. The Balaban J connectivity index is 0.00000225. The summed E-state index contributed by atoms with van der Waals surface area (Å²) in [6.45, 7) is 0.0520. The second-order valence-electron chi connectivity index (χ2n) is 6.14. The van der Waals surface area contributed by atoms with Gasteiger partial charge in [-0.2, -0.15) is 10.2 Å². The SMILES string of the molecule is Cl.NC/C(=C\F)Cn1ncn(-c2cccc(-c3ccc4cn[nH]c4c3)c2)c1=O. The van der Waals surface area contributed by atoms with Gasteiger partial charge in [0.05, 0.1) is 30.3 Å². The zero-order chi connectivity index (χ0) is 18.8. The third-order valence-corrected chi connectivity index (χ3v) is 4.40. The fraction of sp³-hybridized carbons (Fsp3) is 0.105. The molecule has 0 aliphatic heterocycles. The van der Waals surface area contributed by atoms with Gasteiger partial charge in [0, 0.05) is 11.9 Å². The maximum absolute atomic E-state index is 12.7. The van der Waals surface area contributed by atoms with Crippen LogP contribution in [0.2, 0.25) is 0 Å². The highest BCUT2D eigenvalue weighted by atomic mass is 35.5. The van der Waals surface area contributed by atoms with E-state index in [1.165, 1.54) is 15.6 Å². The third-order valence-electron chi connectivity index (χ3n) is 4.40. The predicted molar refractivity (Wildman–Crippen MR) is 108 cm³/mol. The van der Waals surface area contributed by atoms with Crippen molar-refractivity contribution in [3.05, 3.63) is 77.4 Å². The Morgan fingerprint density at radius 3 is 2.82 bits per heavy atom. The molecule has 3 N–H and O–H groups in total. The van der Waals surface area contributed by atoms with Gasteiger partial charge in [0.1, 0.15) is 6.33 Å². The quantitative estimate of drug-likeness (QED) is 0.538. The first-order chi connectivity index (χ1) is 13.2. The van der Waals surface area contributed by atoms with E-state index >= 15 is 0 Å². The van der Waals surface area contributed by atoms with E-state index in [-0.39, 0.29) is 31.2 Å². The highest BCUT2D eigenvalue weighted by Crippen LogP contribution is 2.24. The number of rotatable bonds is 5. The molecule has 0 fully saturated rings. The van der Waals surface area contributed by atoms with Crippen molar-refractivity contribution in [3.8, 4) is 16.8 Å². The summed E-state index contributed by atoms with van der Waals surface area (Å²) in [6, 6.07) is 13.6. The molecular formula is C19H18ClFN6O. The number of fused-ring (bicyclic) bond motifs is 1. The van der Waals surface area contributed by atoms with Crippen molar-refractivity contribution in [1.29, 1.82) is 0 Å². The molecule has 7 nitrogen and oxygen atoms in total. The van der Waals surface area contributed by atoms with Crippen LogP contribution in [0.5, 0.6) is 0 Å². The van der Waals surface area contributed by atoms with Crippen LogP contribution >= 0.6 is 12.4 Å². The fourth-order valence-corrected chi connectivity index (χ4v) is 2.91. The largest absolute Gasteiger partial charge is 0.350 e. The smallest absolute Gasteiger partial charge is 0.327 e. The summed E-state index contributed by atoms with van der Waals surface area (Å²) >= 11 is 0. The number of H-pyrrole nitrogens is 1. The summed E-state index contributed by atoms with van der Waals surface area (Å²) in [5, 5.41) is 12.1. The summed E-state index contributed by atoms with van der Waals surface area (Å²) < 4.78 is 15.3. The minimum atomic E-state index is -0.357. The monoisotopic (exact) mass is 400 g/mol. The van der Waals surface area contributed by atoms with Gasteiger partial charge < -0.3 is 5.73 Å². The molecule has 4 aromatic rings. The molecule has 2 heterocycles. The molecule has 0 unspecified atom stereocenters. The van der Waals surface area contributed by atoms with Gasteiger partial charge in [0.25, 0.3) is 0 Å². The lowest BCUT2D eigenvalue weighted by atomic mass is 10.0. The molecule has 28 heavy (non-hydrogen) atoms. The Hall–Kier alpha value is -3.23. The summed E-state index contributed by atoms with van der Waals surface area (Å²) in [4.78, 5) is 12.6. The average molecular weight is 401 g/mol. The summed E-state index contributed by atoms with van der Waals surface area (Å²) in [5.74, 6) is 0. The molecule has 9 heteroatoms. The normalized spacial score (nSPS) is 11.6. The van der Waals surface area contributed by atoms with Crippen LogP contribution in [0.1, 0.15) is 0 Å². The Morgan fingerprint density at radius 2 is 2.04 bits per heavy atom. The van der Waals surface area contributed by atoms with Crippen LogP contribution < -0.4 is 11.4 Å². The standard InChI is InChI=1S/C19H17FN6O.ClH/c20-8-13(9-21)11-26-19(27)25(12-23-26)17-3-1-2-14(6-17)15-4-5-16-10-22-24-18(16)7-15;/h1-8,10,12H,9,11,21H2,(H,22,24);1H/b13-8+;. The van der Waals surface area contributed by atoms with E-state index in [4.69, 9.17) is 5.73 Å². The van der Waals surface area contributed by atoms with E-state index in [1.54, 1.807) is 6.20 Å². The molecule has 0 amide bonds. The number of aromatic nitrogens is 5. The Kier molecular flexibility index (Phi) is 5.72. The second kappa shape index (κ2) is 8.20. The Labute approximate surface area is 165 Å². The number of benzene rings is 2. The number of nitrogens with one attached hydrogen (secondary N) is 1. The maximum atomic E-state index is 12.7. The number of nitrogens with zero attached hydrogens (tertiary/aromatic N) is 4. The first-order valence-electron chi connectivity index (χ1n) is 8.36. The topological polar surface area (TPSA) is 94.5 Å². The van der Waals surface area contributed by atoms with Gasteiger partial charge in [0.15, 0.2) is 0 Å². The first-order valence-corrected chi connectivity index (χ1v) is 8.36. The van der Waals surface area contributed by atoms with Gasteiger partial charge in [-0.15, -0.1) is 12.4 Å². The molecule has 2 aromatic heterocycles. The molecule has 0 aliphatic carbocycles. The van der Waals surface area contributed by atoms with Crippen LogP contribution in [-0.4, -0.2) is 31.1 Å². The van der Waals surface area contributed by atoms with Gasteiger partial charge in [-0.05, 0) is 34.9 Å². The lowest BCUT2D eigenvalue weighted by Gasteiger charge is -2.06. The van der Waals surface area contributed by atoms with Gasteiger partial charge in [-0.1, -0.05) is 24.3 Å². The van der Waals surface area contributed by atoms with Gasteiger partial charge in [-0.25, -0.2) is 18.4 Å². The van der Waals surface area contributed by atoms with Crippen molar-refractivity contribution in [3.63, 3.8) is 0 Å². The van der Waals surface area contributed by atoms with Crippen LogP contribution in [0.15, 0.2) is 71.7 Å². The zero-order valence-corrected chi connectivity index (χ0v) is 15.6. The van der Waals surface area contributed by atoms with Crippen molar-refractivity contribution >= 4 is 23.3 Å². The van der Waals surface area contributed by atoms with Crippen molar-refractivity contribution < 1.29 is 4.39 Å². The highest BCUT2D eigenvalue weighted by molar-refractivity contribution is 5.85. The molecule has 0 saturated carbocycles. The maximum Gasteiger partial charge on any atom is 0.350 e. The molecule has 0 spiro atoms. The lowest BCUT2D eigenvalue weighted by Crippen LogP contribution is -2.25. The molecule has 144 valence electrons. The summed E-state index contributed by atoms with van der Waals surface area (Å²) in [5.41, 5.74) is 8.95. The second-order valence-corrected chi connectivity index (χ2v) is 6.14. The van der Waals surface area contributed by atoms with Crippen LogP contribution in [0.3, 0.4) is 0 Å². The average Bonchev–Trinajstić information content (AvgIpc) is 3.32. The van der Waals surface area contributed by atoms with Crippen molar-refractivity contribution in [2.45, 2.75) is 6.54 Å². The predicted octanol–water partition coefficient (Wildman–Crippen LogP) is 2.81. The van der Waals surface area contributed by atoms with Crippen LogP contribution in [0.25, 0.3) is 27.7 Å². The Morgan fingerprint density at radius 1 is 1.21 bits per heavy atom. The number of hydrogen-bond acceptors (Lipinski definition) is 4. The van der Waals surface area contributed by atoms with E-state index in [9.17, 15) is 9.18 Å².